The van der Waals surface area contributed by atoms with Crippen LogP contribution >= 0.6 is 12.2 Å². The number of rotatable bonds is 2. The molecule has 0 amide bonds. The summed E-state index contributed by atoms with van der Waals surface area (Å²) in [6.45, 7) is 2.92. The quantitative estimate of drug-likeness (QED) is 0.668. The third kappa shape index (κ3) is 1.61. The Morgan fingerprint density at radius 3 is 2.93 bits per heavy atom. The second-order valence-corrected chi connectivity index (χ2v) is 6.43. The summed E-state index contributed by atoms with van der Waals surface area (Å²) in [5.74, 6) is 0.489. The SMILES string of the molecule is CCCN1C(=S)N[C@@H]2CS(=O)(=O)C[C@@H]21. The summed E-state index contributed by atoms with van der Waals surface area (Å²) in [7, 11) is -2.84. The van der Waals surface area contributed by atoms with Crippen LogP contribution in [0.5, 0.6) is 0 Å². The normalized spacial score (nSPS) is 34.4. The molecule has 0 radical (unpaired) electrons. The van der Waals surface area contributed by atoms with Crippen molar-refractivity contribution in [1.29, 1.82) is 0 Å². The summed E-state index contributed by atoms with van der Waals surface area (Å²) in [5, 5.41) is 3.80. The van der Waals surface area contributed by atoms with E-state index >= 15 is 0 Å². The molecule has 0 aromatic carbocycles. The van der Waals surface area contributed by atoms with Gasteiger partial charge in [-0.05, 0) is 18.6 Å². The average molecular weight is 234 g/mol. The maximum absolute atomic E-state index is 11.4. The zero-order chi connectivity index (χ0) is 10.3. The van der Waals surface area contributed by atoms with Crippen molar-refractivity contribution in [1.82, 2.24) is 10.2 Å². The van der Waals surface area contributed by atoms with Gasteiger partial charge in [0.2, 0.25) is 0 Å². The fraction of sp³-hybridized carbons (Fsp3) is 0.875. The smallest absolute Gasteiger partial charge is 0.169 e. The zero-order valence-electron chi connectivity index (χ0n) is 8.06. The average Bonchev–Trinajstić information content (AvgIpc) is 2.47. The van der Waals surface area contributed by atoms with Crippen molar-refractivity contribution in [3.63, 3.8) is 0 Å². The van der Waals surface area contributed by atoms with Crippen LogP contribution in [0.15, 0.2) is 0 Å². The first-order valence-electron chi connectivity index (χ1n) is 4.81. The Hall–Kier alpha value is -0.360. The van der Waals surface area contributed by atoms with Crippen molar-refractivity contribution in [2.75, 3.05) is 18.1 Å². The molecule has 0 bridgehead atoms. The van der Waals surface area contributed by atoms with Crippen LogP contribution in [-0.2, 0) is 9.84 Å². The fourth-order valence-electron chi connectivity index (χ4n) is 2.17. The van der Waals surface area contributed by atoms with Crippen molar-refractivity contribution < 1.29 is 8.42 Å². The highest BCUT2D eigenvalue weighted by Crippen LogP contribution is 2.24. The first kappa shape index (κ1) is 10.2. The van der Waals surface area contributed by atoms with Crippen molar-refractivity contribution in [3.05, 3.63) is 0 Å². The molecule has 2 aliphatic heterocycles. The maximum atomic E-state index is 11.4. The Labute approximate surface area is 89.6 Å². The lowest BCUT2D eigenvalue weighted by atomic mass is 10.2. The van der Waals surface area contributed by atoms with E-state index < -0.39 is 9.84 Å². The molecule has 2 rings (SSSR count). The zero-order valence-corrected chi connectivity index (χ0v) is 9.70. The fourth-order valence-corrected chi connectivity index (χ4v) is 4.47. The van der Waals surface area contributed by atoms with Crippen molar-refractivity contribution in [2.45, 2.75) is 25.4 Å². The minimum atomic E-state index is -2.84. The van der Waals surface area contributed by atoms with Crippen LogP contribution in [0.4, 0.5) is 0 Å². The topological polar surface area (TPSA) is 49.4 Å². The van der Waals surface area contributed by atoms with Crippen LogP contribution in [-0.4, -0.2) is 48.6 Å². The lowest BCUT2D eigenvalue weighted by Crippen LogP contribution is -2.37. The molecule has 2 saturated heterocycles. The summed E-state index contributed by atoms with van der Waals surface area (Å²) in [5.41, 5.74) is 0. The van der Waals surface area contributed by atoms with Gasteiger partial charge >= 0.3 is 0 Å². The molecule has 0 aliphatic carbocycles. The van der Waals surface area contributed by atoms with Gasteiger partial charge in [-0.3, -0.25) is 0 Å². The van der Waals surface area contributed by atoms with Crippen molar-refractivity contribution >= 4 is 27.2 Å². The Balaban J connectivity index is 2.17. The first-order valence-corrected chi connectivity index (χ1v) is 7.04. The van der Waals surface area contributed by atoms with E-state index in [-0.39, 0.29) is 23.6 Å². The molecule has 0 aromatic heterocycles. The second kappa shape index (κ2) is 3.34. The minimum absolute atomic E-state index is 0.0269. The number of fused-ring (bicyclic) bond motifs is 1. The molecule has 2 heterocycles. The molecule has 0 aromatic rings. The largest absolute Gasteiger partial charge is 0.357 e. The molecular formula is C8H14N2O2S2. The molecule has 0 saturated carbocycles. The van der Waals surface area contributed by atoms with Gasteiger partial charge in [0.15, 0.2) is 14.9 Å². The number of nitrogens with zero attached hydrogens (tertiary/aromatic N) is 1. The molecule has 0 spiro atoms. The van der Waals surface area contributed by atoms with Crippen LogP contribution in [0.1, 0.15) is 13.3 Å². The predicted molar refractivity (Wildman–Crippen MR) is 59.0 cm³/mol. The van der Waals surface area contributed by atoms with Crippen molar-refractivity contribution in [3.8, 4) is 0 Å². The van der Waals surface area contributed by atoms with Gasteiger partial charge in [-0.25, -0.2) is 8.42 Å². The molecule has 4 nitrogen and oxygen atoms in total. The van der Waals surface area contributed by atoms with E-state index in [0.29, 0.717) is 0 Å². The lowest BCUT2D eigenvalue weighted by Gasteiger charge is -2.22. The van der Waals surface area contributed by atoms with Gasteiger partial charge in [-0.2, -0.15) is 0 Å². The summed E-state index contributed by atoms with van der Waals surface area (Å²) in [6.07, 6.45) is 0.991. The van der Waals surface area contributed by atoms with Gasteiger partial charge in [-0.1, -0.05) is 6.92 Å². The van der Waals surface area contributed by atoms with E-state index in [4.69, 9.17) is 12.2 Å². The number of sulfone groups is 1. The van der Waals surface area contributed by atoms with E-state index in [1.165, 1.54) is 0 Å². The van der Waals surface area contributed by atoms with E-state index in [2.05, 4.69) is 12.2 Å². The lowest BCUT2D eigenvalue weighted by molar-refractivity contribution is 0.355. The molecule has 2 aliphatic rings. The molecule has 6 heteroatoms. The van der Waals surface area contributed by atoms with Gasteiger partial charge in [0.05, 0.1) is 23.6 Å². The highest BCUT2D eigenvalue weighted by atomic mass is 32.2. The van der Waals surface area contributed by atoms with E-state index in [1.54, 1.807) is 0 Å². The van der Waals surface area contributed by atoms with Gasteiger partial charge in [0.25, 0.3) is 0 Å². The molecular weight excluding hydrogens is 220 g/mol. The van der Waals surface area contributed by atoms with Gasteiger partial charge in [0.1, 0.15) is 0 Å². The summed E-state index contributed by atoms with van der Waals surface area (Å²) in [6, 6.07) is 0.103. The Morgan fingerprint density at radius 1 is 1.57 bits per heavy atom. The number of hydrogen-bond acceptors (Lipinski definition) is 3. The van der Waals surface area contributed by atoms with Crippen LogP contribution in [0, 0.1) is 0 Å². The predicted octanol–water partition coefficient (Wildman–Crippen LogP) is -0.248. The first-order chi connectivity index (χ1) is 6.53. The molecule has 1 N–H and O–H groups in total. The van der Waals surface area contributed by atoms with E-state index in [9.17, 15) is 8.42 Å². The van der Waals surface area contributed by atoms with E-state index in [1.807, 2.05) is 4.90 Å². The standard InChI is InChI=1S/C8H14N2O2S2/c1-2-3-10-7-5-14(11,12)4-6(7)9-8(10)13/h6-7H,2-5H2,1H3,(H,9,13)/t6-,7+/m1/s1. The third-order valence-electron chi connectivity index (χ3n) is 2.76. The minimum Gasteiger partial charge on any atom is -0.357 e. The summed E-state index contributed by atoms with van der Waals surface area (Å²) >= 11 is 5.16. The highest BCUT2D eigenvalue weighted by molar-refractivity contribution is 7.91. The van der Waals surface area contributed by atoms with Gasteiger partial charge in [0, 0.05) is 6.54 Å². The maximum Gasteiger partial charge on any atom is 0.169 e. The Bertz CT molecular complexity index is 352. The van der Waals surface area contributed by atoms with Crippen LogP contribution in [0.3, 0.4) is 0 Å². The monoisotopic (exact) mass is 234 g/mol. The Kier molecular flexibility index (Phi) is 2.43. The van der Waals surface area contributed by atoms with Gasteiger partial charge < -0.3 is 10.2 Å². The summed E-state index contributed by atoms with van der Waals surface area (Å²) in [4.78, 5) is 2.02. The van der Waals surface area contributed by atoms with Crippen LogP contribution in [0.2, 0.25) is 0 Å². The molecule has 80 valence electrons. The van der Waals surface area contributed by atoms with Gasteiger partial charge in [-0.15, -0.1) is 0 Å². The van der Waals surface area contributed by atoms with Crippen molar-refractivity contribution in [2.24, 2.45) is 0 Å². The molecule has 2 atom stereocenters. The van der Waals surface area contributed by atoms with Crippen LogP contribution < -0.4 is 5.32 Å². The molecule has 2 fully saturated rings. The van der Waals surface area contributed by atoms with E-state index in [0.717, 1.165) is 18.1 Å². The molecule has 0 unspecified atom stereocenters. The second-order valence-electron chi connectivity index (χ2n) is 3.89. The number of thiocarbonyl (C=S) groups is 1. The Morgan fingerprint density at radius 2 is 2.29 bits per heavy atom. The third-order valence-corrected chi connectivity index (χ3v) is 4.83. The van der Waals surface area contributed by atoms with Crippen LogP contribution in [0.25, 0.3) is 0 Å². The molecule has 14 heavy (non-hydrogen) atoms. The summed E-state index contributed by atoms with van der Waals surface area (Å²) < 4.78 is 22.8. The highest BCUT2D eigenvalue weighted by Gasteiger charge is 2.46. The number of hydrogen-bond donors (Lipinski definition) is 1. The number of nitrogens with one attached hydrogen (secondary N) is 1.